The van der Waals surface area contributed by atoms with E-state index < -0.39 is 0 Å². The van der Waals surface area contributed by atoms with Crippen molar-refractivity contribution < 1.29 is 14.3 Å². The molecular weight excluding hydrogens is 432 g/mol. The van der Waals surface area contributed by atoms with Gasteiger partial charge in [-0.25, -0.2) is 10.4 Å². The Morgan fingerprint density at radius 1 is 1.16 bits per heavy atom. The van der Waals surface area contributed by atoms with Crippen LogP contribution in [0.15, 0.2) is 40.8 Å². The molecule has 3 aromatic rings. The third-order valence-corrected chi connectivity index (χ3v) is 6.94. The van der Waals surface area contributed by atoms with E-state index in [0.717, 1.165) is 33.7 Å². The minimum absolute atomic E-state index is 0.323. The number of aromatic nitrogens is 1. The summed E-state index contributed by atoms with van der Waals surface area (Å²) in [5, 5.41) is 7.25. The number of rotatable bonds is 7. The van der Waals surface area contributed by atoms with E-state index in [1.165, 1.54) is 26.4 Å². The number of hydrogen-bond acceptors (Lipinski definition) is 8. The van der Waals surface area contributed by atoms with Crippen molar-refractivity contribution >= 4 is 39.9 Å². The lowest BCUT2D eigenvalue weighted by Gasteiger charge is -2.25. The Kier molecular flexibility index (Phi) is 6.83. The maximum Gasteiger partial charge on any atom is 0.271 e. The molecule has 1 aromatic carbocycles. The van der Waals surface area contributed by atoms with Gasteiger partial charge in [-0.05, 0) is 48.9 Å². The summed E-state index contributed by atoms with van der Waals surface area (Å²) < 4.78 is 10.5. The van der Waals surface area contributed by atoms with Crippen molar-refractivity contribution in [1.29, 1.82) is 0 Å². The van der Waals surface area contributed by atoms with Gasteiger partial charge >= 0.3 is 0 Å². The molecule has 162 valence electrons. The Morgan fingerprint density at radius 3 is 2.68 bits per heavy atom. The Morgan fingerprint density at radius 2 is 1.97 bits per heavy atom. The minimum atomic E-state index is -0.323. The summed E-state index contributed by atoms with van der Waals surface area (Å²) >= 11 is 3.25. The molecule has 1 N–H and O–H groups in total. The number of nitrogens with zero attached hydrogens (tertiary/aromatic N) is 3. The predicted octanol–water partition coefficient (Wildman–Crippen LogP) is 4.64. The number of thiophene rings is 1. The Hall–Kier alpha value is -2.91. The molecule has 1 aliphatic heterocycles. The van der Waals surface area contributed by atoms with E-state index in [2.05, 4.69) is 21.5 Å². The molecule has 31 heavy (non-hydrogen) atoms. The zero-order valence-electron chi connectivity index (χ0n) is 17.5. The van der Waals surface area contributed by atoms with Crippen LogP contribution in [0, 0.1) is 0 Å². The van der Waals surface area contributed by atoms with Gasteiger partial charge in [0, 0.05) is 18.7 Å². The first-order valence-corrected chi connectivity index (χ1v) is 11.7. The molecule has 0 radical (unpaired) electrons. The van der Waals surface area contributed by atoms with Crippen LogP contribution in [-0.4, -0.2) is 44.4 Å². The van der Waals surface area contributed by atoms with E-state index in [0.29, 0.717) is 17.1 Å². The van der Waals surface area contributed by atoms with Crippen molar-refractivity contribution in [2.45, 2.75) is 19.3 Å². The topological polar surface area (TPSA) is 76.0 Å². The van der Waals surface area contributed by atoms with E-state index in [1.807, 2.05) is 11.4 Å². The Bertz CT molecular complexity index is 1060. The molecule has 0 atom stereocenters. The molecule has 1 saturated heterocycles. The van der Waals surface area contributed by atoms with Crippen LogP contribution >= 0.6 is 22.7 Å². The second kappa shape index (κ2) is 9.93. The second-order valence-corrected chi connectivity index (χ2v) is 8.96. The van der Waals surface area contributed by atoms with Gasteiger partial charge in [-0.1, -0.05) is 17.4 Å². The first-order valence-electron chi connectivity index (χ1n) is 10.0. The molecule has 2 aromatic heterocycles. The maximum absolute atomic E-state index is 12.5. The van der Waals surface area contributed by atoms with Gasteiger partial charge in [0.25, 0.3) is 5.91 Å². The number of carbonyl (C=O) groups excluding carboxylic acids is 1. The third kappa shape index (κ3) is 4.88. The van der Waals surface area contributed by atoms with Gasteiger partial charge in [0.1, 0.15) is 5.69 Å². The number of benzene rings is 1. The molecule has 1 fully saturated rings. The molecule has 0 bridgehead atoms. The maximum atomic E-state index is 12.5. The highest BCUT2D eigenvalue weighted by Crippen LogP contribution is 2.35. The van der Waals surface area contributed by atoms with Crippen molar-refractivity contribution in [3.63, 3.8) is 0 Å². The number of hydrogen-bond donors (Lipinski definition) is 1. The van der Waals surface area contributed by atoms with Crippen LogP contribution in [0.4, 0.5) is 5.13 Å². The molecule has 0 unspecified atom stereocenters. The summed E-state index contributed by atoms with van der Waals surface area (Å²) in [5.41, 5.74) is 3.94. The first-order chi connectivity index (χ1) is 15.2. The molecule has 0 aliphatic carbocycles. The average molecular weight is 457 g/mol. The van der Waals surface area contributed by atoms with Crippen LogP contribution in [0.5, 0.6) is 11.5 Å². The molecule has 9 heteroatoms. The lowest BCUT2D eigenvalue weighted by atomic mass is 10.1. The van der Waals surface area contributed by atoms with Crippen molar-refractivity contribution in [3.05, 3.63) is 46.2 Å². The van der Waals surface area contributed by atoms with E-state index in [-0.39, 0.29) is 5.91 Å². The predicted molar refractivity (Wildman–Crippen MR) is 126 cm³/mol. The number of nitrogens with one attached hydrogen (secondary N) is 1. The SMILES string of the molecule is COc1ccc(C(=O)N/N=C/c2sc(N3CCCCC3)nc2-c2cccs2)cc1OC. The highest BCUT2D eigenvalue weighted by atomic mass is 32.1. The van der Waals surface area contributed by atoms with Crippen molar-refractivity contribution in [1.82, 2.24) is 10.4 Å². The van der Waals surface area contributed by atoms with Gasteiger partial charge in [-0.2, -0.15) is 5.10 Å². The second-order valence-electron chi connectivity index (χ2n) is 7.00. The van der Waals surface area contributed by atoms with Crippen LogP contribution in [0.2, 0.25) is 0 Å². The smallest absolute Gasteiger partial charge is 0.271 e. The Labute approximate surface area is 189 Å². The summed E-state index contributed by atoms with van der Waals surface area (Å²) in [5.74, 6) is 0.737. The number of anilines is 1. The van der Waals surface area contributed by atoms with Gasteiger partial charge in [-0.3, -0.25) is 4.79 Å². The normalized spacial score (nSPS) is 14.1. The zero-order valence-corrected chi connectivity index (χ0v) is 19.1. The van der Waals surface area contributed by atoms with Crippen LogP contribution in [0.3, 0.4) is 0 Å². The van der Waals surface area contributed by atoms with Crippen LogP contribution in [0.1, 0.15) is 34.5 Å². The molecule has 0 saturated carbocycles. The summed E-state index contributed by atoms with van der Waals surface area (Å²) in [6, 6.07) is 9.06. The molecule has 4 rings (SSSR count). The van der Waals surface area contributed by atoms with Gasteiger partial charge in [0.05, 0.1) is 30.2 Å². The molecule has 1 aliphatic rings. The van der Waals surface area contributed by atoms with Gasteiger partial charge < -0.3 is 14.4 Å². The fourth-order valence-corrected chi connectivity index (χ4v) is 5.21. The fourth-order valence-electron chi connectivity index (χ4n) is 3.41. The number of hydrazone groups is 1. The summed E-state index contributed by atoms with van der Waals surface area (Å²) in [7, 11) is 3.09. The zero-order chi connectivity index (χ0) is 21.6. The summed E-state index contributed by atoms with van der Waals surface area (Å²) in [6.45, 7) is 2.06. The standard InChI is InChI=1S/C22H24N4O3S2/c1-28-16-9-8-15(13-17(16)29-2)21(27)25-23-14-19-20(18-7-6-12-30-18)24-22(31-19)26-10-4-3-5-11-26/h6-9,12-14H,3-5,10-11H2,1-2H3,(H,25,27)/b23-14+. The fraction of sp³-hybridized carbons (Fsp3) is 0.318. The molecule has 0 spiro atoms. The number of amides is 1. The monoisotopic (exact) mass is 456 g/mol. The molecule has 3 heterocycles. The summed E-state index contributed by atoms with van der Waals surface area (Å²) in [4.78, 5) is 21.8. The number of carbonyl (C=O) groups is 1. The lowest BCUT2D eigenvalue weighted by Crippen LogP contribution is -2.29. The van der Waals surface area contributed by atoms with E-state index in [9.17, 15) is 4.79 Å². The van der Waals surface area contributed by atoms with Crippen LogP contribution < -0.4 is 19.8 Å². The van der Waals surface area contributed by atoms with Gasteiger partial charge in [0.15, 0.2) is 16.6 Å². The quantitative estimate of drug-likeness (QED) is 0.414. The molecule has 7 nitrogen and oxygen atoms in total. The van der Waals surface area contributed by atoms with Crippen molar-refractivity contribution in [2.75, 3.05) is 32.2 Å². The number of methoxy groups -OCH3 is 2. The third-order valence-electron chi connectivity index (χ3n) is 5.02. The van der Waals surface area contributed by atoms with E-state index in [1.54, 1.807) is 54.2 Å². The highest BCUT2D eigenvalue weighted by molar-refractivity contribution is 7.18. The minimum Gasteiger partial charge on any atom is -0.493 e. The van der Waals surface area contributed by atoms with Crippen molar-refractivity contribution in [3.8, 4) is 22.1 Å². The average Bonchev–Trinajstić information content (AvgIpc) is 3.49. The lowest BCUT2D eigenvalue weighted by molar-refractivity contribution is 0.0954. The number of ether oxygens (including phenoxy) is 2. The first kappa shape index (κ1) is 21.3. The Balaban J connectivity index is 1.52. The van der Waals surface area contributed by atoms with Crippen LogP contribution in [-0.2, 0) is 0 Å². The summed E-state index contributed by atoms with van der Waals surface area (Å²) in [6.07, 6.45) is 5.34. The van der Waals surface area contributed by atoms with Gasteiger partial charge in [0.2, 0.25) is 0 Å². The largest absolute Gasteiger partial charge is 0.493 e. The number of thiazole rings is 1. The molecule has 1 amide bonds. The van der Waals surface area contributed by atoms with Crippen LogP contribution in [0.25, 0.3) is 10.6 Å². The van der Waals surface area contributed by atoms with E-state index in [4.69, 9.17) is 14.5 Å². The van der Waals surface area contributed by atoms with E-state index >= 15 is 0 Å². The highest BCUT2D eigenvalue weighted by Gasteiger charge is 2.19. The van der Waals surface area contributed by atoms with Crippen molar-refractivity contribution in [2.24, 2.45) is 5.10 Å². The van der Waals surface area contributed by atoms with Gasteiger partial charge in [-0.15, -0.1) is 11.3 Å². The number of piperidine rings is 1. The molecular formula is C22H24N4O3S2.